The summed E-state index contributed by atoms with van der Waals surface area (Å²) in [6, 6.07) is 10.3. The van der Waals surface area contributed by atoms with E-state index in [0.29, 0.717) is 10.6 Å². The molecule has 2 aromatic carbocycles. The van der Waals surface area contributed by atoms with Crippen molar-refractivity contribution in [3.05, 3.63) is 58.1 Å². The van der Waals surface area contributed by atoms with Crippen LogP contribution in [0.3, 0.4) is 0 Å². The first kappa shape index (κ1) is 15.8. The molecule has 0 atom stereocenters. The fraction of sp³-hybridized carbons (Fsp3) is 0.200. The van der Waals surface area contributed by atoms with Gasteiger partial charge in [-0.3, -0.25) is 0 Å². The fourth-order valence-electron chi connectivity index (χ4n) is 1.94. The maximum absolute atomic E-state index is 12.4. The summed E-state index contributed by atoms with van der Waals surface area (Å²) in [6.45, 7) is 3.86. The van der Waals surface area contributed by atoms with Crippen LogP contribution >= 0.6 is 11.6 Å². The number of nitrogens with one attached hydrogen (secondary N) is 1. The maximum atomic E-state index is 12.4. The van der Waals surface area contributed by atoms with E-state index in [0.717, 1.165) is 11.1 Å². The molecule has 3 N–H and O–H groups in total. The number of nitrogens with two attached hydrogens (primary N) is 1. The van der Waals surface area contributed by atoms with E-state index in [2.05, 4.69) is 4.72 Å². The van der Waals surface area contributed by atoms with E-state index in [1.165, 1.54) is 0 Å². The lowest BCUT2D eigenvalue weighted by molar-refractivity contribution is 0.581. The Morgan fingerprint density at radius 3 is 2.43 bits per heavy atom. The second-order valence-corrected chi connectivity index (χ2v) is 7.03. The van der Waals surface area contributed by atoms with Gasteiger partial charge in [0.05, 0.1) is 5.69 Å². The molecule has 2 rings (SSSR count). The van der Waals surface area contributed by atoms with Gasteiger partial charge in [-0.15, -0.1) is 0 Å². The van der Waals surface area contributed by atoms with Gasteiger partial charge in [0, 0.05) is 11.6 Å². The van der Waals surface area contributed by atoms with Crippen molar-refractivity contribution in [1.82, 2.24) is 4.72 Å². The Morgan fingerprint density at radius 2 is 1.76 bits per heavy atom. The van der Waals surface area contributed by atoms with E-state index in [-0.39, 0.29) is 17.1 Å². The number of rotatable bonds is 4. The number of sulfonamides is 1. The highest BCUT2D eigenvalue weighted by Gasteiger charge is 2.18. The number of aryl methyl sites for hydroxylation is 2. The third kappa shape index (κ3) is 3.56. The van der Waals surface area contributed by atoms with Crippen molar-refractivity contribution < 1.29 is 8.42 Å². The summed E-state index contributed by atoms with van der Waals surface area (Å²) in [5.41, 5.74) is 8.62. The second-order valence-electron chi connectivity index (χ2n) is 4.89. The number of nitrogen functional groups attached to an aromatic ring is 1. The van der Waals surface area contributed by atoms with Gasteiger partial charge >= 0.3 is 0 Å². The summed E-state index contributed by atoms with van der Waals surface area (Å²) in [6.07, 6.45) is 0. The monoisotopic (exact) mass is 324 g/mol. The molecule has 0 radical (unpaired) electrons. The highest BCUT2D eigenvalue weighted by molar-refractivity contribution is 7.89. The van der Waals surface area contributed by atoms with Crippen molar-refractivity contribution in [3.63, 3.8) is 0 Å². The van der Waals surface area contributed by atoms with Crippen LogP contribution in [0.5, 0.6) is 0 Å². The van der Waals surface area contributed by atoms with Crippen molar-refractivity contribution in [1.29, 1.82) is 0 Å². The van der Waals surface area contributed by atoms with Crippen LogP contribution in [0.2, 0.25) is 5.02 Å². The number of hydrogen-bond donors (Lipinski definition) is 2. The molecule has 4 nitrogen and oxygen atoms in total. The molecule has 21 heavy (non-hydrogen) atoms. The number of halogens is 1. The fourth-order valence-corrected chi connectivity index (χ4v) is 3.34. The standard InChI is InChI=1S/C15H17ClN2O2S/c1-10-7-14(17)15(8-11(10)2)21(19,20)18-9-12-5-3-4-6-13(12)16/h3-8,18H,9,17H2,1-2H3. The Labute approximate surface area is 130 Å². The molecule has 0 saturated carbocycles. The van der Waals surface area contributed by atoms with Crippen molar-refractivity contribution in [3.8, 4) is 0 Å². The molecule has 0 spiro atoms. The highest BCUT2D eigenvalue weighted by Crippen LogP contribution is 2.23. The molecule has 112 valence electrons. The Hall–Kier alpha value is -1.56. The van der Waals surface area contributed by atoms with Crippen molar-refractivity contribution in [2.75, 3.05) is 5.73 Å². The Bertz CT molecular complexity index is 773. The van der Waals surface area contributed by atoms with Gasteiger partial charge in [-0.25, -0.2) is 13.1 Å². The number of hydrogen-bond acceptors (Lipinski definition) is 3. The molecule has 0 saturated heterocycles. The Balaban J connectivity index is 2.27. The highest BCUT2D eigenvalue weighted by atomic mass is 35.5. The molecule has 0 aromatic heterocycles. The normalized spacial score (nSPS) is 11.6. The second kappa shape index (κ2) is 6.05. The molecule has 0 aliphatic carbocycles. The zero-order valence-corrected chi connectivity index (χ0v) is 13.4. The van der Waals surface area contributed by atoms with Gasteiger partial charge in [-0.05, 0) is 48.7 Å². The van der Waals surface area contributed by atoms with E-state index >= 15 is 0 Å². The summed E-state index contributed by atoms with van der Waals surface area (Å²) in [4.78, 5) is 0.0950. The van der Waals surface area contributed by atoms with Gasteiger partial charge in [0.1, 0.15) is 4.90 Å². The van der Waals surface area contributed by atoms with Crippen molar-refractivity contribution in [2.24, 2.45) is 0 Å². The first-order chi connectivity index (χ1) is 9.81. The lowest BCUT2D eigenvalue weighted by Crippen LogP contribution is -2.24. The van der Waals surface area contributed by atoms with E-state index < -0.39 is 10.0 Å². The first-order valence-electron chi connectivity index (χ1n) is 6.41. The molecule has 0 heterocycles. The van der Waals surface area contributed by atoms with Gasteiger partial charge in [0.2, 0.25) is 10.0 Å². The zero-order chi connectivity index (χ0) is 15.6. The third-order valence-electron chi connectivity index (χ3n) is 3.33. The molecule has 0 aliphatic heterocycles. The van der Waals surface area contributed by atoms with Gasteiger partial charge in [-0.1, -0.05) is 29.8 Å². The molecule has 0 amide bonds. The zero-order valence-electron chi connectivity index (χ0n) is 11.9. The van der Waals surface area contributed by atoms with Crippen molar-refractivity contribution in [2.45, 2.75) is 25.3 Å². The quantitative estimate of drug-likeness (QED) is 0.849. The van der Waals surface area contributed by atoms with Gasteiger partial charge in [-0.2, -0.15) is 0 Å². The lowest BCUT2D eigenvalue weighted by atomic mass is 10.1. The summed E-state index contributed by atoms with van der Waals surface area (Å²) < 4.78 is 27.3. The molecular formula is C15H17ClN2O2S. The van der Waals surface area contributed by atoms with Crippen LogP contribution in [0.4, 0.5) is 5.69 Å². The van der Waals surface area contributed by atoms with E-state index in [1.807, 2.05) is 13.8 Å². The SMILES string of the molecule is Cc1cc(N)c(S(=O)(=O)NCc2ccccc2Cl)cc1C. The van der Waals surface area contributed by atoms with E-state index in [1.54, 1.807) is 36.4 Å². The minimum Gasteiger partial charge on any atom is -0.398 e. The first-order valence-corrected chi connectivity index (χ1v) is 8.27. The van der Waals surface area contributed by atoms with Crippen LogP contribution in [0.15, 0.2) is 41.3 Å². The molecule has 2 aromatic rings. The molecule has 0 bridgehead atoms. The molecule has 0 aliphatic rings. The van der Waals surface area contributed by atoms with E-state index in [4.69, 9.17) is 17.3 Å². The van der Waals surface area contributed by atoms with Crippen LogP contribution in [0, 0.1) is 13.8 Å². The molecular weight excluding hydrogens is 308 g/mol. The predicted molar refractivity (Wildman–Crippen MR) is 85.8 cm³/mol. The lowest BCUT2D eigenvalue weighted by Gasteiger charge is -2.12. The smallest absolute Gasteiger partial charge is 0.242 e. The van der Waals surface area contributed by atoms with Crippen LogP contribution in [0.25, 0.3) is 0 Å². The van der Waals surface area contributed by atoms with Crippen molar-refractivity contribution >= 4 is 27.3 Å². The molecule has 0 unspecified atom stereocenters. The topological polar surface area (TPSA) is 72.2 Å². The Morgan fingerprint density at radius 1 is 1.14 bits per heavy atom. The maximum Gasteiger partial charge on any atom is 0.242 e. The largest absolute Gasteiger partial charge is 0.398 e. The van der Waals surface area contributed by atoms with Crippen LogP contribution in [-0.4, -0.2) is 8.42 Å². The average molecular weight is 325 g/mol. The summed E-state index contributed by atoms with van der Waals surface area (Å²) >= 11 is 6.02. The predicted octanol–water partition coefficient (Wildman–Crippen LogP) is 3.02. The van der Waals surface area contributed by atoms with E-state index in [9.17, 15) is 8.42 Å². The average Bonchev–Trinajstić information content (AvgIpc) is 2.42. The van der Waals surface area contributed by atoms with Crippen LogP contribution < -0.4 is 10.5 Å². The summed E-state index contributed by atoms with van der Waals surface area (Å²) in [5, 5.41) is 0.522. The molecule has 6 heteroatoms. The Kier molecular flexibility index (Phi) is 4.56. The molecule has 0 fully saturated rings. The van der Waals surface area contributed by atoms with Crippen LogP contribution in [-0.2, 0) is 16.6 Å². The number of anilines is 1. The summed E-state index contributed by atoms with van der Waals surface area (Å²) in [7, 11) is -3.68. The number of benzene rings is 2. The van der Waals surface area contributed by atoms with Gasteiger partial charge < -0.3 is 5.73 Å². The minimum atomic E-state index is -3.68. The van der Waals surface area contributed by atoms with Gasteiger partial charge in [0.25, 0.3) is 0 Å². The van der Waals surface area contributed by atoms with Crippen LogP contribution in [0.1, 0.15) is 16.7 Å². The summed E-state index contributed by atoms with van der Waals surface area (Å²) in [5.74, 6) is 0. The minimum absolute atomic E-state index is 0.0950. The van der Waals surface area contributed by atoms with Gasteiger partial charge in [0.15, 0.2) is 0 Å². The third-order valence-corrected chi connectivity index (χ3v) is 5.15.